The molecule has 0 saturated heterocycles. The highest BCUT2D eigenvalue weighted by Gasteiger charge is 2.50. The summed E-state index contributed by atoms with van der Waals surface area (Å²) in [6.07, 6.45) is 3.74. The third kappa shape index (κ3) is 2.16. The first-order chi connectivity index (χ1) is 8.84. The largest absolute Gasteiger partial charge is 0.367 e. The highest BCUT2D eigenvalue weighted by Crippen LogP contribution is 2.50. The Kier molecular flexibility index (Phi) is 3.65. The van der Waals surface area contributed by atoms with Crippen molar-refractivity contribution in [2.75, 3.05) is 18.5 Å². The van der Waals surface area contributed by atoms with Crippen LogP contribution in [0.25, 0.3) is 0 Å². The van der Waals surface area contributed by atoms with Gasteiger partial charge in [0, 0.05) is 19.3 Å². The van der Waals surface area contributed by atoms with Gasteiger partial charge in [-0.1, -0.05) is 38.0 Å². The quantitative estimate of drug-likeness (QED) is 0.899. The van der Waals surface area contributed by atoms with Crippen molar-refractivity contribution in [1.82, 2.24) is 0 Å². The maximum atomic E-state index is 6.22. The summed E-state index contributed by atoms with van der Waals surface area (Å²) in [6.45, 7) is 9.81. The van der Waals surface area contributed by atoms with Gasteiger partial charge in [0.2, 0.25) is 0 Å². The number of nitrogens with zero attached hydrogens (tertiary/aromatic N) is 1. The van der Waals surface area contributed by atoms with E-state index >= 15 is 0 Å². The molecule has 0 aliphatic heterocycles. The van der Waals surface area contributed by atoms with Crippen molar-refractivity contribution in [2.45, 2.75) is 52.5 Å². The summed E-state index contributed by atoms with van der Waals surface area (Å²) in [5.74, 6) is 0. The number of hydrogen-bond acceptors (Lipinski definition) is 2. The van der Waals surface area contributed by atoms with Crippen molar-refractivity contribution < 1.29 is 0 Å². The Morgan fingerprint density at radius 2 is 1.89 bits per heavy atom. The van der Waals surface area contributed by atoms with E-state index in [0.29, 0.717) is 0 Å². The number of anilines is 1. The average Bonchev–Trinajstić information content (AvgIpc) is 2.64. The molecular weight excluding hydrogens is 232 g/mol. The zero-order valence-corrected chi connectivity index (χ0v) is 13.1. The lowest BCUT2D eigenvalue weighted by atomic mass is 9.73. The van der Waals surface area contributed by atoms with Gasteiger partial charge in [0.15, 0.2) is 0 Å². The maximum Gasteiger partial charge on any atom is 0.0571 e. The molecule has 2 rings (SSSR count). The summed E-state index contributed by atoms with van der Waals surface area (Å²) in [4.78, 5) is 2.45. The topological polar surface area (TPSA) is 29.3 Å². The lowest BCUT2D eigenvalue weighted by Gasteiger charge is -2.49. The van der Waals surface area contributed by atoms with Crippen LogP contribution in [0.4, 0.5) is 5.69 Å². The maximum absolute atomic E-state index is 6.22. The van der Waals surface area contributed by atoms with Crippen LogP contribution in [0.3, 0.4) is 0 Å². The first-order valence-electron chi connectivity index (χ1n) is 7.35. The minimum Gasteiger partial charge on any atom is -0.367 e. The first kappa shape index (κ1) is 14.4. The molecule has 19 heavy (non-hydrogen) atoms. The molecule has 0 spiro atoms. The van der Waals surface area contributed by atoms with Crippen LogP contribution in [0.2, 0.25) is 0 Å². The third-order valence-electron chi connectivity index (χ3n) is 5.35. The fourth-order valence-electron chi connectivity index (χ4n) is 3.94. The van der Waals surface area contributed by atoms with Gasteiger partial charge in [-0.2, -0.15) is 0 Å². The average molecular weight is 260 g/mol. The van der Waals surface area contributed by atoms with E-state index in [-0.39, 0.29) is 11.0 Å². The van der Waals surface area contributed by atoms with Gasteiger partial charge in [0.05, 0.1) is 5.54 Å². The Labute approximate surface area is 118 Å². The van der Waals surface area contributed by atoms with Crippen molar-refractivity contribution in [3.05, 3.63) is 29.3 Å². The van der Waals surface area contributed by atoms with E-state index in [0.717, 1.165) is 6.54 Å². The van der Waals surface area contributed by atoms with Crippen LogP contribution < -0.4 is 10.6 Å². The second-order valence-corrected chi connectivity index (χ2v) is 6.82. The highest BCUT2D eigenvalue weighted by atomic mass is 15.2. The van der Waals surface area contributed by atoms with E-state index in [4.69, 9.17) is 5.73 Å². The monoisotopic (exact) mass is 260 g/mol. The summed E-state index contributed by atoms with van der Waals surface area (Å²) in [7, 11) is 2.22. The number of benzene rings is 1. The van der Waals surface area contributed by atoms with Crippen LogP contribution in [0.1, 0.15) is 44.2 Å². The summed E-state index contributed by atoms with van der Waals surface area (Å²) in [5.41, 5.74) is 10.6. The molecule has 106 valence electrons. The van der Waals surface area contributed by atoms with E-state index < -0.39 is 0 Å². The van der Waals surface area contributed by atoms with E-state index in [2.05, 4.69) is 57.8 Å². The molecule has 2 heteroatoms. The van der Waals surface area contributed by atoms with E-state index in [1.54, 1.807) is 0 Å². The molecule has 1 unspecified atom stereocenters. The molecule has 1 aromatic rings. The Morgan fingerprint density at radius 1 is 1.21 bits per heavy atom. The van der Waals surface area contributed by atoms with Gasteiger partial charge in [0.1, 0.15) is 0 Å². The molecule has 1 aromatic carbocycles. The van der Waals surface area contributed by atoms with Gasteiger partial charge >= 0.3 is 0 Å². The highest BCUT2D eigenvalue weighted by molar-refractivity contribution is 5.56. The number of rotatable bonds is 3. The third-order valence-corrected chi connectivity index (χ3v) is 5.35. The molecular formula is C17H28N2. The van der Waals surface area contributed by atoms with Crippen molar-refractivity contribution >= 4 is 5.69 Å². The number of aryl methyl sites for hydroxylation is 2. The minimum absolute atomic E-state index is 0.0903. The smallest absolute Gasteiger partial charge is 0.0571 e. The minimum atomic E-state index is 0.0903. The fourth-order valence-corrected chi connectivity index (χ4v) is 3.94. The second-order valence-electron chi connectivity index (χ2n) is 6.82. The number of hydrogen-bond donors (Lipinski definition) is 1. The number of likely N-dealkylation sites (N-methyl/N-ethyl adjacent to an activating group) is 1. The lowest BCUT2D eigenvalue weighted by Crippen LogP contribution is -2.58. The summed E-state index contributed by atoms with van der Waals surface area (Å²) in [6, 6.07) is 6.71. The molecule has 0 bridgehead atoms. The molecule has 1 aliphatic rings. The van der Waals surface area contributed by atoms with E-state index in [1.807, 2.05) is 0 Å². The molecule has 0 heterocycles. The van der Waals surface area contributed by atoms with Crippen molar-refractivity contribution in [3.8, 4) is 0 Å². The van der Waals surface area contributed by atoms with E-state index in [1.165, 1.54) is 36.1 Å². The predicted molar refractivity (Wildman–Crippen MR) is 83.7 cm³/mol. The zero-order chi connectivity index (χ0) is 14.3. The van der Waals surface area contributed by atoms with Crippen LogP contribution in [-0.4, -0.2) is 19.1 Å². The van der Waals surface area contributed by atoms with Crippen molar-refractivity contribution in [1.29, 1.82) is 0 Å². The van der Waals surface area contributed by atoms with Crippen molar-refractivity contribution in [2.24, 2.45) is 11.1 Å². The van der Waals surface area contributed by atoms with Crippen molar-refractivity contribution in [3.63, 3.8) is 0 Å². The molecule has 2 N–H and O–H groups in total. The molecule has 2 nitrogen and oxygen atoms in total. The van der Waals surface area contributed by atoms with Gasteiger partial charge in [-0.25, -0.2) is 0 Å². The SMILES string of the molecule is Cc1ccc(N(C)C2(CN)CCCC2(C)C)c(C)c1. The zero-order valence-electron chi connectivity index (χ0n) is 13.1. The molecule has 0 amide bonds. The molecule has 1 atom stereocenters. The summed E-state index contributed by atoms with van der Waals surface area (Å²) < 4.78 is 0. The van der Waals surface area contributed by atoms with Crippen LogP contribution in [-0.2, 0) is 0 Å². The Bertz CT molecular complexity index is 464. The van der Waals surface area contributed by atoms with Gasteiger partial charge in [-0.15, -0.1) is 0 Å². The summed E-state index contributed by atoms with van der Waals surface area (Å²) in [5, 5.41) is 0. The fraction of sp³-hybridized carbons (Fsp3) is 0.647. The van der Waals surface area contributed by atoms with E-state index in [9.17, 15) is 0 Å². The second kappa shape index (κ2) is 4.82. The first-order valence-corrected chi connectivity index (χ1v) is 7.35. The Morgan fingerprint density at radius 3 is 2.37 bits per heavy atom. The predicted octanol–water partition coefficient (Wildman–Crippen LogP) is 3.65. The Hall–Kier alpha value is -1.02. The van der Waals surface area contributed by atoms with Crippen LogP contribution in [0, 0.1) is 19.3 Å². The molecule has 0 radical (unpaired) electrons. The van der Waals surface area contributed by atoms with Crippen LogP contribution >= 0.6 is 0 Å². The summed E-state index contributed by atoms with van der Waals surface area (Å²) >= 11 is 0. The molecule has 1 aliphatic carbocycles. The standard InChI is InChI=1S/C17H28N2/c1-13-7-8-15(14(2)11-13)19(5)17(12-18)10-6-9-16(17,3)4/h7-8,11H,6,9-10,12,18H2,1-5H3. The molecule has 0 aromatic heterocycles. The number of nitrogens with two attached hydrogens (primary N) is 1. The van der Waals surface area contributed by atoms with Gasteiger partial charge in [0.25, 0.3) is 0 Å². The normalized spacial score (nSPS) is 25.6. The Balaban J connectivity index is 2.44. The molecule has 1 fully saturated rings. The van der Waals surface area contributed by atoms with Crippen LogP contribution in [0.15, 0.2) is 18.2 Å². The lowest BCUT2D eigenvalue weighted by molar-refractivity contribution is 0.207. The van der Waals surface area contributed by atoms with Gasteiger partial charge in [-0.05, 0) is 43.7 Å². The van der Waals surface area contributed by atoms with Gasteiger partial charge < -0.3 is 10.6 Å². The van der Waals surface area contributed by atoms with Crippen LogP contribution in [0.5, 0.6) is 0 Å². The van der Waals surface area contributed by atoms with Gasteiger partial charge in [-0.3, -0.25) is 0 Å². The molecule has 1 saturated carbocycles.